The molecule has 4 rings (SSSR count). The van der Waals surface area contributed by atoms with Crippen LogP contribution >= 0.6 is 11.6 Å². The number of carboxylic acid groups (broad SMARTS) is 1. The monoisotopic (exact) mass is 418 g/mol. The second-order valence-corrected chi connectivity index (χ2v) is 7.91. The number of nitrogens with one attached hydrogen (secondary N) is 1. The molecule has 0 saturated carbocycles. The Hall–Kier alpha value is -3.11. The van der Waals surface area contributed by atoms with E-state index in [9.17, 15) is 9.90 Å². The molecule has 0 atom stereocenters. The van der Waals surface area contributed by atoms with E-state index in [2.05, 4.69) is 11.9 Å². The van der Waals surface area contributed by atoms with E-state index in [1.165, 1.54) is 0 Å². The van der Waals surface area contributed by atoms with Crippen molar-refractivity contribution in [3.05, 3.63) is 88.2 Å². The molecule has 0 amide bonds. The van der Waals surface area contributed by atoms with Crippen LogP contribution in [0, 0.1) is 0 Å². The highest BCUT2D eigenvalue weighted by Crippen LogP contribution is 2.27. The van der Waals surface area contributed by atoms with Crippen LogP contribution in [-0.2, 0) is 12.8 Å². The molecule has 0 saturated heterocycles. The van der Waals surface area contributed by atoms with Gasteiger partial charge in [-0.15, -0.1) is 0 Å². The van der Waals surface area contributed by atoms with E-state index >= 15 is 0 Å². The van der Waals surface area contributed by atoms with Gasteiger partial charge in [-0.05, 0) is 53.3 Å². The molecule has 3 aromatic carbocycles. The van der Waals surface area contributed by atoms with Crippen molar-refractivity contribution in [2.24, 2.45) is 0 Å². The number of carbonyl (C=O) groups is 1. The number of aromatic nitrogens is 2. The summed E-state index contributed by atoms with van der Waals surface area (Å²) >= 11 is 6.35. The number of imidazole rings is 1. The van der Waals surface area contributed by atoms with Crippen LogP contribution in [0.3, 0.4) is 0 Å². The third-order valence-electron chi connectivity index (χ3n) is 5.26. The number of hydrogen-bond acceptors (Lipinski definition) is 2. The van der Waals surface area contributed by atoms with Gasteiger partial charge < -0.3 is 10.1 Å². The summed E-state index contributed by atoms with van der Waals surface area (Å²) in [7, 11) is 0. The Morgan fingerprint density at radius 2 is 1.87 bits per heavy atom. The molecule has 30 heavy (non-hydrogen) atoms. The average Bonchev–Trinajstić information content (AvgIpc) is 3.15. The summed E-state index contributed by atoms with van der Waals surface area (Å²) in [5, 5.41) is 10.1. The molecule has 0 unspecified atom stereocenters. The van der Waals surface area contributed by atoms with Crippen LogP contribution in [-0.4, -0.2) is 21.0 Å². The maximum absolute atomic E-state index is 11.5. The van der Waals surface area contributed by atoms with Gasteiger partial charge in [0.1, 0.15) is 5.82 Å². The van der Waals surface area contributed by atoms with Crippen molar-refractivity contribution >= 4 is 28.6 Å². The van der Waals surface area contributed by atoms with Gasteiger partial charge in [0.05, 0.1) is 16.6 Å². The van der Waals surface area contributed by atoms with Gasteiger partial charge in [-0.1, -0.05) is 67.4 Å². The lowest BCUT2D eigenvalue weighted by Gasteiger charge is -2.08. The third kappa shape index (κ3) is 4.24. The molecule has 4 aromatic rings. The van der Waals surface area contributed by atoms with Gasteiger partial charge in [-0.3, -0.25) is 0 Å². The van der Waals surface area contributed by atoms with E-state index in [0.717, 1.165) is 58.4 Å². The molecule has 0 spiro atoms. The average molecular weight is 419 g/mol. The second-order valence-electron chi connectivity index (χ2n) is 7.47. The quantitative estimate of drug-likeness (QED) is 0.359. The van der Waals surface area contributed by atoms with Crippen molar-refractivity contribution in [1.82, 2.24) is 9.97 Å². The molecular weight excluding hydrogens is 396 g/mol. The number of aromatic amines is 1. The fourth-order valence-corrected chi connectivity index (χ4v) is 3.98. The van der Waals surface area contributed by atoms with Gasteiger partial charge in [-0.2, -0.15) is 0 Å². The maximum Gasteiger partial charge on any atom is 0.336 e. The maximum atomic E-state index is 11.5. The number of carboxylic acids is 1. The first kappa shape index (κ1) is 20.2. The zero-order valence-electron chi connectivity index (χ0n) is 16.8. The van der Waals surface area contributed by atoms with Crippen molar-refractivity contribution in [1.29, 1.82) is 0 Å². The molecule has 0 radical (unpaired) electrons. The molecule has 0 bridgehead atoms. The van der Waals surface area contributed by atoms with Gasteiger partial charge >= 0.3 is 5.97 Å². The summed E-state index contributed by atoms with van der Waals surface area (Å²) in [6.07, 6.45) is 3.86. The Morgan fingerprint density at radius 3 is 2.60 bits per heavy atom. The van der Waals surface area contributed by atoms with Crippen LogP contribution in [0.4, 0.5) is 0 Å². The summed E-state index contributed by atoms with van der Waals surface area (Å²) in [6, 6.07) is 19.0. The molecule has 1 heterocycles. The number of unbranched alkanes of at least 4 members (excludes halogenated alkanes) is 1. The van der Waals surface area contributed by atoms with Gasteiger partial charge in [0.2, 0.25) is 0 Å². The number of benzene rings is 3. The Balaban J connectivity index is 1.63. The number of fused-ring (bicyclic) bond motifs is 1. The number of nitrogens with zero attached hydrogens (tertiary/aromatic N) is 1. The summed E-state index contributed by atoms with van der Waals surface area (Å²) in [5.41, 5.74) is 6.03. The van der Waals surface area contributed by atoms with Gasteiger partial charge in [0, 0.05) is 11.4 Å². The second kappa shape index (κ2) is 8.72. The Morgan fingerprint density at radius 1 is 1.10 bits per heavy atom. The minimum absolute atomic E-state index is 0.304. The molecule has 0 aliphatic heterocycles. The van der Waals surface area contributed by atoms with Crippen molar-refractivity contribution in [2.45, 2.75) is 32.6 Å². The van der Waals surface area contributed by atoms with Crippen LogP contribution in [0.15, 0.2) is 60.7 Å². The molecule has 4 nitrogen and oxygen atoms in total. The van der Waals surface area contributed by atoms with Crippen LogP contribution in [0.1, 0.15) is 47.1 Å². The van der Waals surface area contributed by atoms with Crippen LogP contribution in [0.2, 0.25) is 5.02 Å². The first-order valence-electron chi connectivity index (χ1n) is 10.1. The van der Waals surface area contributed by atoms with Gasteiger partial charge in [0.25, 0.3) is 0 Å². The SMILES string of the molecule is CCCCc1nc2c(Cc3ccc(-c4ccccc4C(=O)O)cc3)cc(Cl)cc2[nH]1. The standard InChI is InChI=1S/C25H23ClN2O2/c1-2-3-8-23-27-22-15-19(26)14-18(24(22)28-23)13-16-9-11-17(12-10-16)20-6-4-5-7-21(20)25(29)30/h4-7,9-12,14-15H,2-3,8,13H2,1H3,(H,27,28)(H,29,30). The first-order chi connectivity index (χ1) is 14.5. The lowest BCUT2D eigenvalue weighted by Crippen LogP contribution is -1.99. The van der Waals surface area contributed by atoms with E-state index in [4.69, 9.17) is 16.6 Å². The van der Waals surface area contributed by atoms with E-state index in [1.807, 2.05) is 48.5 Å². The minimum atomic E-state index is -0.923. The fraction of sp³-hybridized carbons (Fsp3) is 0.200. The van der Waals surface area contributed by atoms with Crippen molar-refractivity contribution < 1.29 is 9.90 Å². The van der Waals surface area contributed by atoms with Crippen LogP contribution in [0.5, 0.6) is 0 Å². The highest BCUT2D eigenvalue weighted by molar-refractivity contribution is 6.31. The molecule has 2 N–H and O–H groups in total. The smallest absolute Gasteiger partial charge is 0.336 e. The van der Waals surface area contributed by atoms with E-state index < -0.39 is 5.97 Å². The molecule has 1 aromatic heterocycles. The number of aromatic carboxylic acids is 1. The minimum Gasteiger partial charge on any atom is -0.478 e. The van der Waals surface area contributed by atoms with Gasteiger partial charge in [0.15, 0.2) is 0 Å². The Kier molecular flexibility index (Phi) is 5.86. The van der Waals surface area contributed by atoms with Crippen LogP contribution in [0.25, 0.3) is 22.2 Å². The molecule has 5 heteroatoms. The highest BCUT2D eigenvalue weighted by atomic mass is 35.5. The third-order valence-corrected chi connectivity index (χ3v) is 5.48. The number of hydrogen-bond donors (Lipinski definition) is 2. The van der Waals surface area contributed by atoms with Crippen molar-refractivity contribution in [3.63, 3.8) is 0 Å². The number of halogens is 1. The molecule has 0 fully saturated rings. The van der Waals surface area contributed by atoms with Crippen molar-refractivity contribution in [3.8, 4) is 11.1 Å². The summed E-state index contributed by atoms with van der Waals surface area (Å²) < 4.78 is 0. The Bertz CT molecular complexity index is 1200. The number of H-pyrrole nitrogens is 1. The zero-order chi connectivity index (χ0) is 21.1. The molecule has 0 aliphatic carbocycles. The normalized spacial score (nSPS) is 11.1. The molecule has 0 aliphatic rings. The number of rotatable bonds is 7. The highest BCUT2D eigenvalue weighted by Gasteiger charge is 2.12. The lowest BCUT2D eigenvalue weighted by atomic mass is 9.97. The topological polar surface area (TPSA) is 66.0 Å². The summed E-state index contributed by atoms with van der Waals surface area (Å²) in [5.74, 6) is 0.0735. The number of aryl methyl sites for hydroxylation is 1. The predicted molar refractivity (Wildman–Crippen MR) is 121 cm³/mol. The van der Waals surface area contributed by atoms with E-state index in [-0.39, 0.29) is 0 Å². The van der Waals surface area contributed by atoms with Crippen molar-refractivity contribution in [2.75, 3.05) is 0 Å². The fourth-order valence-electron chi connectivity index (χ4n) is 3.74. The Labute approximate surface area is 180 Å². The van der Waals surface area contributed by atoms with Crippen LogP contribution < -0.4 is 0 Å². The van der Waals surface area contributed by atoms with E-state index in [1.54, 1.807) is 12.1 Å². The van der Waals surface area contributed by atoms with Gasteiger partial charge in [-0.25, -0.2) is 9.78 Å². The predicted octanol–water partition coefficient (Wildman–Crippen LogP) is 6.51. The lowest BCUT2D eigenvalue weighted by molar-refractivity contribution is 0.0697. The molecular formula is C25H23ClN2O2. The summed E-state index contributed by atoms with van der Waals surface area (Å²) in [4.78, 5) is 19.7. The zero-order valence-corrected chi connectivity index (χ0v) is 17.5. The summed E-state index contributed by atoms with van der Waals surface area (Å²) in [6.45, 7) is 2.17. The largest absolute Gasteiger partial charge is 0.478 e. The first-order valence-corrected chi connectivity index (χ1v) is 10.5. The molecule has 152 valence electrons. The van der Waals surface area contributed by atoms with E-state index in [0.29, 0.717) is 17.0 Å².